The van der Waals surface area contributed by atoms with Crippen LogP contribution in [0.1, 0.15) is 24.0 Å². The fourth-order valence-electron chi connectivity index (χ4n) is 4.87. The fourth-order valence-corrected chi connectivity index (χ4v) is 4.87. The molecule has 1 fully saturated rings. The number of allylic oxidation sites excluding steroid dienone is 8. The van der Waals surface area contributed by atoms with Gasteiger partial charge in [-0.3, -0.25) is 5.10 Å². The van der Waals surface area contributed by atoms with Crippen molar-refractivity contribution in [2.24, 2.45) is 11.7 Å². The molecule has 1 atom stereocenters. The van der Waals surface area contributed by atoms with Crippen molar-refractivity contribution in [3.05, 3.63) is 77.4 Å². The van der Waals surface area contributed by atoms with Crippen LogP contribution in [0.4, 0.5) is 0 Å². The number of hydrogen-bond acceptors (Lipinski definition) is 6. The molecule has 3 aromatic rings. The largest absolute Gasteiger partial charge is 0.399 e. The smallest absolute Gasteiger partial charge is 0.161 e. The number of piperazine rings is 1. The van der Waals surface area contributed by atoms with Gasteiger partial charge >= 0.3 is 0 Å². The molecule has 6 rings (SSSR count). The summed E-state index contributed by atoms with van der Waals surface area (Å²) in [6.45, 7) is 6.22. The van der Waals surface area contributed by atoms with E-state index in [0.717, 1.165) is 83.5 Å². The van der Waals surface area contributed by atoms with Gasteiger partial charge in [0.05, 0.1) is 16.9 Å². The lowest BCUT2D eigenvalue weighted by Gasteiger charge is -2.35. The third-order valence-electron chi connectivity index (χ3n) is 6.86. The van der Waals surface area contributed by atoms with Crippen molar-refractivity contribution in [2.45, 2.75) is 13.3 Å². The summed E-state index contributed by atoms with van der Waals surface area (Å²) >= 11 is 0. The second-order valence-electron chi connectivity index (χ2n) is 9.54. The molecular formula is C27H30N8. The molecule has 2 aliphatic carbocycles. The Morgan fingerprint density at radius 3 is 2.80 bits per heavy atom. The zero-order valence-corrected chi connectivity index (χ0v) is 20.1. The zero-order valence-electron chi connectivity index (χ0n) is 20.1. The molecule has 1 saturated heterocycles. The van der Waals surface area contributed by atoms with Crippen LogP contribution in [-0.4, -0.2) is 68.2 Å². The zero-order chi connectivity index (χ0) is 23.9. The molecule has 0 aromatic carbocycles. The van der Waals surface area contributed by atoms with E-state index < -0.39 is 0 Å². The summed E-state index contributed by atoms with van der Waals surface area (Å²) in [5.41, 5.74) is 14.4. The number of nitrogens with zero attached hydrogens (tertiary/aromatic N) is 5. The molecule has 1 aliphatic heterocycles. The second kappa shape index (κ2) is 8.70. The summed E-state index contributed by atoms with van der Waals surface area (Å²) in [6.07, 6.45) is 15.5. The van der Waals surface area contributed by atoms with Gasteiger partial charge in [-0.25, -0.2) is 9.97 Å². The minimum Gasteiger partial charge on any atom is -0.399 e. The molecule has 0 saturated carbocycles. The minimum absolute atomic E-state index is 0.275. The van der Waals surface area contributed by atoms with Gasteiger partial charge in [0.2, 0.25) is 0 Å². The average molecular weight is 467 g/mol. The van der Waals surface area contributed by atoms with Crippen LogP contribution in [0.25, 0.3) is 33.8 Å². The molecule has 35 heavy (non-hydrogen) atoms. The lowest BCUT2D eigenvalue weighted by atomic mass is 10.1. The number of pyridine rings is 1. The Balaban J connectivity index is 1.39. The molecule has 178 valence electrons. The molecule has 8 heteroatoms. The van der Waals surface area contributed by atoms with Crippen LogP contribution in [0.2, 0.25) is 0 Å². The van der Waals surface area contributed by atoms with Crippen LogP contribution < -0.4 is 5.73 Å². The lowest BCUT2D eigenvalue weighted by molar-refractivity contribution is 0.207. The van der Waals surface area contributed by atoms with E-state index in [-0.39, 0.29) is 5.92 Å². The summed E-state index contributed by atoms with van der Waals surface area (Å²) in [5, 5.41) is 7.73. The first kappa shape index (κ1) is 21.6. The number of likely N-dealkylation sites (N-methyl/N-ethyl adjacent to an activating group) is 1. The second-order valence-corrected chi connectivity index (χ2v) is 9.54. The van der Waals surface area contributed by atoms with E-state index in [4.69, 9.17) is 15.7 Å². The number of H-pyrrole nitrogens is 2. The summed E-state index contributed by atoms with van der Waals surface area (Å²) in [7, 11) is 2.17. The summed E-state index contributed by atoms with van der Waals surface area (Å²) in [4.78, 5) is 18.4. The minimum atomic E-state index is 0.275. The highest BCUT2D eigenvalue weighted by Crippen LogP contribution is 2.31. The van der Waals surface area contributed by atoms with E-state index in [1.165, 1.54) is 5.70 Å². The Morgan fingerprint density at radius 1 is 1.09 bits per heavy atom. The van der Waals surface area contributed by atoms with Crippen molar-refractivity contribution < 1.29 is 0 Å². The average Bonchev–Trinajstić information content (AvgIpc) is 3.36. The third kappa shape index (κ3) is 4.10. The maximum absolute atomic E-state index is 6.14. The summed E-state index contributed by atoms with van der Waals surface area (Å²) in [6, 6.07) is 4.03. The van der Waals surface area contributed by atoms with Crippen LogP contribution in [0, 0.1) is 5.92 Å². The number of rotatable bonds is 3. The van der Waals surface area contributed by atoms with Gasteiger partial charge in [-0.1, -0.05) is 31.2 Å². The maximum atomic E-state index is 6.14. The summed E-state index contributed by atoms with van der Waals surface area (Å²) in [5.74, 6) is 1.01. The quantitative estimate of drug-likeness (QED) is 0.546. The molecular weight excluding hydrogens is 436 g/mol. The van der Waals surface area contributed by atoms with E-state index >= 15 is 0 Å². The number of hydrogen-bond donors (Lipinski definition) is 3. The van der Waals surface area contributed by atoms with E-state index in [9.17, 15) is 0 Å². The van der Waals surface area contributed by atoms with Crippen LogP contribution in [0.15, 0.2) is 60.4 Å². The fraction of sp³-hybridized carbons (Fsp3) is 0.296. The normalized spacial score (nSPS) is 20.8. The predicted octanol–water partition coefficient (Wildman–Crippen LogP) is 3.48. The van der Waals surface area contributed by atoms with Crippen molar-refractivity contribution in [2.75, 3.05) is 33.2 Å². The first-order valence-electron chi connectivity index (χ1n) is 12.2. The predicted molar refractivity (Wildman–Crippen MR) is 140 cm³/mol. The topological polar surface area (TPSA) is 103 Å². The molecule has 8 nitrogen and oxygen atoms in total. The monoisotopic (exact) mass is 466 g/mol. The van der Waals surface area contributed by atoms with Crippen molar-refractivity contribution in [3.8, 4) is 11.5 Å². The van der Waals surface area contributed by atoms with E-state index in [2.05, 4.69) is 69.3 Å². The van der Waals surface area contributed by atoms with Crippen molar-refractivity contribution in [1.82, 2.24) is 34.9 Å². The van der Waals surface area contributed by atoms with Gasteiger partial charge in [0.1, 0.15) is 11.2 Å². The van der Waals surface area contributed by atoms with Crippen LogP contribution in [0.3, 0.4) is 0 Å². The Kier molecular flexibility index (Phi) is 5.37. The molecule has 0 radical (unpaired) electrons. The van der Waals surface area contributed by atoms with Crippen molar-refractivity contribution >= 4 is 22.3 Å². The van der Waals surface area contributed by atoms with Gasteiger partial charge in [0, 0.05) is 44.0 Å². The van der Waals surface area contributed by atoms with E-state index in [1.807, 2.05) is 24.3 Å². The number of nitrogens with two attached hydrogens (primary N) is 1. The molecule has 4 N–H and O–H groups in total. The molecule has 0 bridgehead atoms. The Hall–Kier alpha value is -3.91. The summed E-state index contributed by atoms with van der Waals surface area (Å²) < 4.78 is 0. The van der Waals surface area contributed by atoms with Gasteiger partial charge < -0.3 is 20.5 Å². The van der Waals surface area contributed by atoms with Gasteiger partial charge in [0.15, 0.2) is 11.5 Å². The van der Waals surface area contributed by atoms with E-state index in [0.29, 0.717) is 0 Å². The highest BCUT2D eigenvalue weighted by molar-refractivity contribution is 5.90. The van der Waals surface area contributed by atoms with Gasteiger partial charge in [-0.2, -0.15) is 5.10 Å². The third-order valence-corrected chi connectivity index (χ3v) is 6.86. The Bertz CT molecular complexity index is 1420. The van der Waals surface area contributed by atoms with Crippen molar-refractivity contribution in [1.29, 1.82) is 0 Å². The highest BCUT2D eigenvalue weighted by Gasteiger charge is 2.25. The number of fused-ring (bicyclic) bond motifs is 2. The van der Waals surface area contributed by atoms with Crippen LogP contribution >= 0.6 is 0 Å². The number of nitrogens with one attached hydrogen (secondary N) is 2. The molecule has 3 aliphatic rings. The number of aromatic nitrogens is 5. The Morgan fingerprint density at radius 2 is 1.94 bits per heavy atom. The molecule has 0 spiro atoms. The molecule has 0 unspecified atom stereocenters. The first-order valence-corrected chi connectivity index (χ1v) is 12.2. The standard InChI is InChI=1S/C27H30N8/c1-17-7-8-19(28)16-18(15-17)20-9-10-22-25(29-20)26(33-32-22)27-30-21-5-3-4-6-23(24(21)31-27)35-13-11-34(2)12-14-35/h3-4,6-10,15-17H,5,11-14,28H2,1-2H3,(H,30,31)(H,32,33)/t17-/m0/s1. The van der Waals surface area contributed by atoms with Gasteiger partial charge in [0.25, 0.3) is 0 Å². The van der Waals surface area contributed by atoms with Crippen LogP contribution in [-0.2, 0) is 6.42 Å². The van der Waals surface area contributed by atoms with E-state index in [1.54, 1.807) is 0 Å². The molecule has 4 heterocycles. The Labute approximate surface area is 204 Å². The van der Waals surface area contributed by atoms with Gasteiger partial charge in [-0.05, 0) is 48.9 Å². The molecule has 0 amide bonds. The highest BCUT2D eigenvalue weighted by atomic mass is 15.3. The van der Waals surface area contributed by atoms with Crippen molar-refractivity contribution in [3.63, 3.8) is 0 Å². The number of imidazole rings is 1. The lowest BCUT2D eigenvalue weighted by Crippen LogP contribution is -2.43. The van der Waals surface area contributed by atoms with Gasteiger partial charge in [-0.15, -0.1) is 0 Å². The molecule has 3 aromatic heterocycles. The van der Waals surface area contributed by atoms with Crippen LogP contribution in [0.5, 0.6) is 0 Å². The number of aromatic amines is 2. The SMILES string of the molecule is C[C@H]1C=CC(N)=CC(c2ccc3[nH]nc(-c4nc5c([nH]4)CC=CC=C5N4CCN(C)CC4)c3n2)=C1. The first-order chi connectivity index (χ1) is 17.0. The maximum Gasteiger partial charge on any atom is 0.161 e.